The third-order valence-corrected chi connectivity index (χ3v) is 3.32. The molecule has 0 saturated carbocycles. The van der Waals surface area contributed by atoms with Gasteiger partial charge in [-0.05, 0) is 41.8 Å². The first kappa shape index (κ1) is 13.9. The Morgan fingerprint density at radius 3 is 2.21 bits per heavy atom. The second-order valence-electron chi connectivity index (χ2n) is 4.39. The van der Waals surface area contributed by atoms with E-state index in [9.17, 15) is 0 Å². The fourth-order valence-corrected chi connectivity index (χ4v) is 2.02. The Morgan fingerprint density at radius 2 is 1.68 bits per heavy atom. The van der Waals surface area contributed by atoms with Crippen molar-refractivity contribution < 1.29 is 4.74 Å². The van der Waals surface area contributed by atoms with Crippen molar-refractivity contribution in [1.82, 2.24) is 0 Å². The van der Waals surface area contributed by atoms with E-state index in [4.69, 9.17) is 22.1 Å². The number of rotatable bonds is 5. The van der Waals surface area contributed by atoms with Gasteiger partial charge in [0.1, 0.15) is 11.9 Å². The van der Waals surface area contributed by atoms with E-state index in [1.165, 1.54) is 5.56 Å². The van der Waals surface area contributed by atoms with Crippen molar-refractivity contribution >= 4 is 11.6 Å². The van der Waals surface area contributed by atoms with Crippen LogP contribution in [0.5, 0.6) is 5.75 Å². The first-order valence-corrected chi connectivity index (χ1v) is 6.82. The molecule has 1 atom stereocenters. The molecule has 0 radical (unpaired) electrons. The van der Waals surface area contributed by atoms with Crippen molar-refractivity contribution in [3.8, 4) is 5.75 Å². The zero-order valence-electron chi connectivity index (χ0n) is 11.0. The molecule has 0 fully saturated rings. The molecule has 0 spiro atoms. The number of ether oxygens (including phenoxy) is 1. The van der Waals surface area contributed by atoms with Gasteiger partial charge in [-0.1, -0.05) is 42.8 Å². The third-order valence-electron chi connectivity index (χ3n) is 3.07. The number of hydrogen-bond donors (Lipinski definition) is 1. The Labute approximate surface area is 119 Å². The smallest absolute Gasteiger partial charge is 0.136 e. The van der Waals surface area contributed by atoms with Crippen molar-refractivity contribution in [2.45, 2.75) is 19.4 Å². The minimum Gasteiger partial charge on any atom is -0.484 e. The first-order valence-electron chi connectivity index (χ1n) is 6.44. The molecule has 0 aliphatic carbocycles. The van der Waals surface area contributed by atoms with Gasteiger partial charge in [0.05, 0.1) is 0 Å². The van der Waals surface area contributed by atoms with Crippen LogP contribution in [0, 0.1) is 0 Å². The zero-order valence-corrected chi connectivity index (χ0v) is 11.7. The average Bonchev–Trinajstić information content (AvgIpc) is 2.46. The SMILES string of the molecule is CCc1ccc(OC(CN)c2ccc(Cl)cc2)cc1. The Morgan fingerprint density at radius 1 is 1.05 bits per heavy atom. The lowest BCUT2D eigenvalue weighted by Crippen LogP contribution is -2.18. The fraction of sp³-hybridized carbons (Fsp3) is 0.250. The standard InChI is InChI=1S/C16H18ClNO/c1-2-12-3-9-15(10-4-12)19-16(11-18)13-5-7-14(17)8-6-13/h3-10,16H,2,11,18H2,1H3. The normalized spacial score (nSPS) is 12.2. The van der Waals surface area contributed by atoms with Crippen LogP contribution >= 0.6 is 11.6 Å². The highest BCUT2D eigenvalue weighted by atomic mass is 35.5. The highest BCUT2D eigenvalue weighted by molar-refractivity contribution is 6.30. The predicted octanol–water partition coefficient (Wildman–Crippen LogP) is 3.98. The summed E-state index contributed by atoms with van der Waals surface area (Å²) in [5.41, 5.74) is 8.12. The summed E-state index contributed by atoms with van der Waals surface area (Å²) in [6.07, 6.45) is 0.877. The first-order chi connectivity index (χ1) is 9.22. The van der Waals surface area contributed by atoms with Crippen LogP contribution in [0.3, 0.4) is 0 Å². The maximum absolute atomic E-state index is 5.92. The molecule has 0 aliphatic heterocycles. The number of nitrogens with two attached hydrogens (primary N) is 1. The number of benzene rings is 2. The molecular formula is C16H18ClNO. The highest BCUT2D eigenvalue weighted by Crippen LogP contribution is 2.23. The minimum atomic E-state index is -0.148. The van der Waals surface area contributed by atoms with E-state index in [1.54, 1.807) is 0 Å². The van der Waals surface area contributed by atoms with Gasteiger partial charge in [0.25, 0.3) is 0 Å². The van der Waals surface area contributed by atoms with Gasteiger partial charge in [-0.25, -0.2) is 0 Å². The second-order valence-corrected chi connectivity index (χ2v) is 4.83. The molecule has 0 aliphatic rings. The summed E-state index contributed by atoms with van der Waals surface area (Å²) in [6.45, 7) is 2.56. The molecule has 2 nitrogen and oxygen atoms in total. The lowest BCUT2D eigenvalue weighted by molar-refractivity contribution is 0.214. The van der Waals surface area contributed by atoms with Crippen molar-refractivity contribution in [3.05, 3.63) is 64.7 Å². The Kier molecular flexibility index (Phi) is 4.83. The highest BCUT2D eigenvalue weighted by Gasteiger charge is 2.11. The van der Waals surface area contributed by atoms with Crippen LogP contribution in [0.1, 0.15) is 24.2 Å². The summed E-state index contributed by atoms with van der Waals surface area (Å²) in [5, 5.41) is 0.715. The van der Waals surface area contributed by atoms with Gasteiger partial charge in [-0.15, -0.1) is 0 Å². The van der Waals surface area contributed by atoms with E-state index >= 15 is 0 Å². The Hall–Kier alpha value is -1.51. The van der Waals surface area contributed by atoms with E-state index in [0.717, 1.165) is 17.7 Å². The maximum Gasteiger partial charge on any atom is 0.136 e. The lowest BCUT2D eigenvalue weighted by Gasteiger charge is -2.18. The van der Waals surface area contributed by atoms with Crippen LogP contribution in [-0.2, 0) is 6.42 Å². The summed E-state index contributed by atoms with van der Waals surface area (Å²) in [5.74, 6) is 0.836. The molecule has 19 heavy (non-hydrogen) atoms. The van der Waals surface area contributed by atoms with Gasteiger partial charge in [-0.2, -0.15) is 0 Å². The molecule has 3 heteroatoms. The van der Waals surface area contributed by atoms with Gasteiger partial charge in [0, 0.05) is 11.6 Å². The largest absolute Gasteiger partial charge is 0.484 e. The van der Waals surface area contributed by atoms with E-state index in [2.05, 4.69) is 19.1 Å². The molecule has 0 heterocycles. The molecule has 2 aromatic rings. The zero-order chi connectivity index (χ0) is 13.7. The summed E-state index contributed by atoms with van der Waals surface area (Å²) in [6, 6.07) is 15.7. The average molecular weight is 276 g/mol. The van der Waals surface area contributed by atoms with Gasteiger partial charge < -0.3 is 10.5 Å². The monoisotopic (exact) mass is 275 g/mol. The quantitative estimate of drug-likeness (QED) is 0.896. The summed E-state index contributed by atoms with van der Waals surface area (Å²) < 4.78 is 5.92. The van der Waals surface area contributed by atoms with Crippen LogP contribution in [-0.4, -0.2) is 6.54 Å². The summed E-state index contributed by atoms with van der Waals surface area (Å²) >= 11 is 5.88. The van der Waals surface area contributed by atoms with E-state index in [0.29, 0.717) is 11.6 Å². The molecule has 2 N–H and O–H groups in total. The molecule has 100 valence electrons. The summed E-state index contributed by atoms with van der Waals surface area (Å²) in [7, 11) is 0. The predicted molar refractivity (Wildman–Crippen MR) is 79.7 cm³/mol. The molecular weight excluding hydrogens is 258 g/mol. The maximum atomic E-state index is 5.92. The fourth-order valence-electron chi connectivity index (χ4n) is 1.90. The molecule has 2 rings (SSSR count). The lowest BCUT2D eigenvalue weighted by atomic mass is 10.1. The Balaban J connectivity index is 2.11. The molecule has 0 saturated heterocycles. The molecule has 0 bridgehead atoms. The van der Waals surface area contributed by atoms with Crippen LogP contribution in [0.4, 0.5) is 0 Å². The van der Waals surface area contributed by atoms with Crippen LogP contribution < -0.4 is 10.5 Å². The van der Waals surface area contributed by atoms with Crippen molar-refractivity contribution in [1.29, 1.82) is 0 Å². The molecule has 1 unspecified atom stereocenters. The minimum absolute atomic E-state index is 0.148. The van der Waals surface area contributed by atoms with Gasteiger partial charge in [0.2, 0.25) is 0 Å². The van der Waals surface area contributed by atoms with E-state index in [-0.39, 0.29) is 6.10 Å². The van der Waals surface area contributed by atoms with Gasteiger partial charge in [0.15, 0.2) is 0 Å². The van der Waals surface area contributed by atoms with Crippen molar-refractivity contribution in [2.24, 2.45) is 5.73 Å². The Bertz CT molecular complexity index is 507. The van der Waals surface area contributed by atoms with Gasteiger partial charge in [-0.3, -0.25) is 0 Å². The second kappa shape index (κ2) is 6.60. The van der Waals surface area contributed by atoms with E-state index < -0.39 is 0 Å². The van der Waals surface area contributed by atoms with E-state index in [1.807, 2.05) is 36.4 Å². The van der Waals surface area contributed by atoms with Crippen molar-refractivity contribution in [2.75, 3.05) is 6.54 Å². The van der Waals surface area contributed by atoms with Crippen LogP contribution in [0.25, 0.3) is 0 Å². The molecule has 0 amide bonds. The summed E-state index contributed by atoms with van der Waals surface area (Å²) in [4.78, 5) is 0. The third kappa shape index (κ3) is 3.72. The topological polar surface area (TPSA) is 35.2 Å². The van der Waals surface area contributed by atoms with Gasteiger partial charge >= 0.3 is 0 Å². The molecule has 0 aromatic heterocycles. The number of hydrogen-bond acceptors (Lipinski definition) is 2. The number of aryl methyl sites for hydroxylation is 1. The van der Waals surface area contributed by atoms with Crippen LogP contribution in [0.15, 0.2) is 48.5 Å². The number of halogens is 1. The molecule has 2 aromatic carbocycles. The van der Waals surface area contributed by atoms with Crippen molar-refractivity contribution in [3.63, 3.8) is 0 Å². The van der Waals surface area contributed by atoms with Crippen LogP contribution in [0.2, 0.25) is 5.02 Å².